The smallest absolute Gasteiger partial charge is 0.380 e. The first-order valence-electron chi connectivity index (χ1n) is 8.50. The molecule has 0 unspecified atom stereocenters. The molecule has 0 saturated carbocycles. The van der Waals surface area contributed by atoms with Gasteiger partial charge in [0.05, 0.1) is 0 Å². The van der Waals surface area contributed by atoms with Crippen LogP contribution in [0.2, 0.25) is 0 Å². The number of carbonyl (C=O) groups excluding carboxylic acids is 1. The van der Waals surface area contributed by atoms with E-state index in [9.17, 15) is 27.9 Å². The van der Waals surface area contributed by atoms with E-state index in [4.69, 9.17) is 0 Å². The van der Waals surface area contributed by atoms with Gasteiger partial charge in [0.1, 0.15) is 5.56 Å². The first kappa shape index (κ1) is 19.2. The molecular formula is C19H19F3N2O3. The van der Waals surface area contributed by atoms with Gasteiger partial charge in [-0.15, -0.1) is 0 Å². The minimum atomic E-state index is -4.75. The van der Waals surface area contributed by atoms with E-state index in [0.29, 0.717) is 11.3 Å². The summed E-state index contributed by atoms with van der Waals surface area (Å²) in [5, 5.41) is 9.73. The molecule has 0 radical (unpaired) electrons. The second-order valence-corrected chi connectivity index (χ2v) is 6.74. The lowest BCUT2D eigenvalue weighted by atomic mass is 9.90. The van der Waals surface area contributed by atoms with Gasteiger partial charge in [0, 0.05) is 37.2 Å². The van der Waals surface area contributed by atoms with Gasteiger partial charge in [-0.05, 0) is 18.6 Å². The van der Waals surface area contributed by atoms with E-state index in [2.05, 4.69) is 4.98 Å². The number of piperidine rings is 1. The molecule has 0 aliphatic carbocycles. The molecule has 2 aromatic rings. The molecular weight excluding hydrogens is 361 g/mol. The van der Waals surface area contributed by atoms with Gasteiger partial charge >= 0.3 is 6.18 Å². The highest BCUT2D eigenvalue weighted by molar-refractivity contribution is 5.95. The lowest BCUT2D eigenvalue weighted by Gasteiger charge is -2.39. The van der Waals surface area contributed by atoms with Crippen LogP contribution in [-0.2, 0) is 0 Å². The second kappa shape index (κ2) is 6.84. The Balaban J connectivity index is 1.87. The van der Waals surface area contributed by atoms with E-state index < -0.39 is 36.1 Å². The molecule has 0 atom stereocenters. The number of benzene rings is 1. The number of hydrogen-bond donors (Lipinski definition) is 2. The summed E-state index contributed by atoms with van der Waals surface area (Å²) in [5.41, 5.74) is -1.44. The minimum absolute atomic E-state index is 0.128. The van der Waals surface area contributed by atoms with Crippen LogP contribution in [0.3, 0.4) is 0 Å². The Bertz CT molecular complexity index is 899. The first-order valence-corrected chi connectivity index (χ1v) is 8.50. The van der Waals surface area contributed by atoms with Crippen molar-refractivity contribution in [2.45, 2.75) is 31.5 Å². The van der Waals surface area contributed by atoms with Crippen LogP contribution in [0.15, 0.2) is 41.2 Å². The fourth-order valence-corrected chi connectivity index (χ4v) is 3.23. The molecule has 8 heteroatoms. The van der Waals surface area contributed by atoms with E-state index in [-0.39, 0.29) is 18.7 Å². The van der Waals surface area contributed by atoms with Crippen LogP contribution in [0.25, 0.3) is 11.1 Å². The van der Waals surface area contributed by atoms with E-state index >= 15 is 0 Å². The summed E-state index contributed by atoms with van der Waals surface area (Å²) in [6.07, 6.45) is -5.97. The molecule has 0 spiro atoms. The number of likely N-dealkylation sites (tertiary alicyclic amines) is 1. The van der Waals surface area contributed by atoms with E-state index in [1.165, 1.54) is 11.0 Å². The number of H-pyrrole nitrogens is 1. The SMILES string of the molecule is Cc1[nH]c(=O)c(C(=O)N2CCC(O)(C(F)(F)F)CC2)cc1-c1ccccc1. The van der Waals surface area contributed by atoms with Crippen molar-refractivity contribution in [3.63, 3.8) is 0 Å². The highest BCUT2D eigenvalue weighted by Gasteiger charge is 2.55. The molecule has 1 aromatic heterocycles. The third kappa shape index (κ3) is 3.62. The lowest BCUT2D eigenvalue weighted by Crippen LogP contribution is -2.54. The predicted molar refractivity (Wildman–Crippen MR) is 93.4 cm³/mol. The van der Waals surface area contributed by atoms with E-state index in [1.54, 1.807) is 6.92 Å². The largest absolute Gasteiger partial charge is 0.417 e. The fraction of sp³-hybridized carbons (Fsp3) is 0.368. The van der Waals surface area contributed by atoms with Crippen molar-refractivity contribution < 1.29 is 23.1 Å². The van der Waals surface area contributed by atoms with E-state index in [0.717, 1.165) is 5.56 Å². The standard InChI is InChI=1S/C19H19F3N2O3/c1-12-14(13-5-3-2-4-6-13)11-15(16(25)23-12)17(26)24-9-7-18(27,8-10-24)19(20,21)22/h2-6,11,27H,7-10H2,1H3,(H,23,25). The van der Waals surface area contributed by atoms with Gasteiger partial charge in [-0.3, -0.25) is 9.59 Å². The van der Waals surface area contributed by atoms with Crippen molar-refractivity contribution in [2.75, 3.05) is 13.1 Å². The zero-order chi connectivity index (χ0) is 19.8. The molecule has 3 rings (SSSR count). The second-order valence-electron chi connectivity index (χ2n) is 6.74. The molecule has 1 aliphatic rings. The highest BCUT2D eigenvalue weighted by Crippen LogP contribution is 2.38. The monoisotopic (exact) mass is 380 g/mol. The number of aromatic amines is 1. The maximum atomic E-state index is 12.9. The topological polar surface area (TPSA) is 73.4 Å². The highest BCUT2D eigenvalue weighted by atomic mass is 19.4. The lowest BCUT2D eigenvalue weighted by molar-refractivity contribution is -0.271. The Hall–Kier alpha value is -2.61. The predicted octanol–water partition coefficient (Wildman–Crippen LogP) is 2.88. The molecule has 2 heterocycles. The molecule has 1 fully saturated rings. The van der Waals surface area contributed by atoms with Crippen molar-refractivity contribution >= 4 is 5.91 Å². The molecule has 1 aliphatic heterocycles. The van der Waals surface area contributed by atoms with Crippen LogP contribution in [0.5, 0.6) is 0 Å². The zero-order valence-electron chi connectivity index (χ0n) is 14.6. The van der Waals surface area contributed by atoms with Crippen LogP contribution in [-0.4, -0.2) is 45.8 Å². The maximum absolute atomic E-state index is 12.9. The minimum Gasteiger partial charge on any atom is -0.380 e. The number of carbonyl (C=O) groups is 1. The van der Waals surface area contributed by atoms with Gasteiger partial charge < -0.3 is 15.0 Å². The molecule has 144 valence electrons. The van der Waals surface area contributed by atoms with Gasteiger partial charge in [-0.25, -0.2) is 0 Å². The Morgan fingerprint density at radius 2 is 1.78 bits per heavy atom. The number of nitrogens with one attached hydrogen (secondary N) is 1. The number of alkyl halides is 3. The summed E-state index contributed by atoms with van der Waals surface area (Å²) in [6.45, 7) is 1.16. The van der Waals surface area contributed by atoms with Gasteiger partial charge in [0.15, 0.2) is 5.60 Å². The number of aryl methyl sites for hydroxylation is 1. The number of aromatic nitrogens is 1. The number of hydrogen-bond acceptors (Lipinski definition) is 3. The number of pyridine rings is 1. The molecule has 1 aromatic carbocycles. The molecule has 1 saturated heterocycles. The quantitative estimate of drug-likeness (QED) is 0.842. The van der Waals surface area contributed by atoms with Gasteiger partial charge in [-0.1, -0.05) is 30.3 Å². The van der Waals surface area contributed by atoms with Crippen molar-refractivity contribution in [3.05, 3.63) is 58.0 Å². The first-order chi connectivity index (χ1) is 12.6. The molecule has 27 heavy (non-hydrogen) atoms. The number of nitrogens with zero attached hydrogens (tertiary/aromatic N) is 1. The summed E-state index contributed by atoms with van der Waals surface area (Å²) < 4.78 is 38.8. The summed E-state index contributed by atoms with van der Waals surface area (Å²) in [7, 11) is 0. The van der Waals surface area contributed by atoms with Crippen LogP contribution in [0, 0.1) is 6.92 Å². The fourth-order valence-electron chi connectivity index (χ4n) is 3.23. The average Bonchev–Trinajstić information content (AvgIpc) is 2.62. The van der Waals surface area contributed by atoms with Crippen LogP contribution in [0.1, 0.15) is 28.9 Å². The van der Waals surface area contributed by atoms with Gasteiger partial charge in [-0.2, -0.15) is 13.2 Å². The zero-order valence-corrected chi connectivity index (χ0v) is 14.6. The van der Waals surface area contributed by atoms with Crippen LogP contribution >= 0.6 is 0 Å². The Morgan fingerprint density at radius 1 is 1.19 bits per heavy atom. The summed E-state index contributed by atoms with van der Waals surface area (Å²) >= 11 is 0. The Labute approximate surface area is 153 Å². The number of halogens is 3. The Kier molecular flexibility index (Phi) is 4.86. The van der Waals surface area contributed by atoms with Crippen molar-refractivity contribution in [1.29, 1.82) is 0 Å². The van der Waals surface area contributed by atoms with Crippen molar-refractivity contribution in [1.82, 2.24) is 9.88 Å². The normalized spacial score (nSPS) is 17.0. The number of aliphatic hydroxyl groups is 1. The summed E-state index contributed by atoms with van der Waals surface area (Å²) in [6, 6.07) is 10.6. The van der Waals surface area contributed by atoms with Crippen molar-refractivity contribution in [2.24, 2.45) is 0 Å². The average molecular weight is 380 g/mol. The molecule has 5 nitrogen and oxygen atoms in total. The molecule has 2 N–H and O–H groups in total. The third-order valence-electron chi connectivity index (χ3n) is 4.96. The number of amides is 1. The Morgan fingerprint density at radius 3 is 2.33 bits per heavy atom. The maximum Gasteiger partial charge on any atom is 0.417 e. The van der Waals surface area contributed by atoms with Crippen LogP contribution < -0.4 is 5.56 Å². The van der Waals surface area contributed by atoms with Crippen LogP contribution in [0.4, 0.5) is 13.2 Å². The third-order valence-corrected chi connectivity index (χ3v) is 4.96. The van der Waals surface area contributed by atoms with Crippen molar-refractivity contribution in [3.8, 4) is 11.1 Å². The summed E-state index contributed by atoms with van der Waals surface area (Å²) in [5.74, 6) is -0.641. The summed E-state index contributed by atoms with van der Waals surface area (Å²) in [4.78, 5) is 28.8. The van der Waals surface area contributed by atoms with E-state index in [1.807, 2.05) is 30.3 Å². The number of rotatable bonds is 2. The molecule has 1 amide bonds. The van der Waals surface area contributed by atoms with Gasteiger partial charge in [0.2, 0.25) is 0 Å². The molecule has 0 bridgehead atoms. The van der Waals surface area contributed by atoms with Gasteiger partial charge in [0.25, 0.3) is 11.5 Å².